The van der Waals surface area contributed by atoms with E-state index in [1.54, 1.807) is 25.1 Å². The van der Waals surface area contributed by atoms with E-state index in [1.807, 2.05) is 13.8 Å². The van der Waals surface area contributed by atoms with Crippen molar-refractivity contribution in [1.29, 1.82) is 5.41 Å². The van der Waals surface area contributed by atoms with Crippen molar-refractivity contribution >= 4 is 5.71 Å². The number of hydrogen-bond acceptors (Lipinski definition) is 1. The van der Waals surface area contributed by atoms with E-state index in [4.69, 9.17) is 5.41 Å². The van der Waals surface area contributed by atoms with Gasteiger partial charge in [0.25, 0.3) is 0 Å². The maximum Gasteiger partial charge on any atom is 0.135 e. The lowest BCUT2D eigenvalue weighted by Gasteiger charge is -2.09. The molecule has 0 fully saturated rings. The van der Waals surface area contributed by atoms with Crippen LogP contribution in [0, 0.1) is 11.2 Å². The molecule has 0 aliphatic carbocycles. The Morgan fingerprint density at radius 2 is 2.00 bits per heavy atom. The summed E-state index contributed by atoms with van der Waals surface area (Å²) in [6.07, 6.45) is 0. The fourth-order valence-corrected chi connectivity index (χ4v) is 1.29. The molecule has 1 aromatic rings. The number of nitrogens with one attached hydrogen (secondary N) is 1. The number of hydrogen-bond donors (Lipinski definition) is 1. The highest BCUT2D eigenvalue weighted by atomic mass is 19.1. The molecule has 1 nitrogen and oxygen atoms in total. The van der Waals surface area contributed by atoms with Crippen LogP contribution in [-0.4, -0.2) is 5.71 Å². The van der Waals surface area contributed by atoms with Gasteiger partial charge in [0.05, 0.1) is 0 Å². The zero-order chi connectivity index (χ0) is 10.0. The van der Waals surface area contributed by atoms with Crippen LogP contribution >= 0.6 is 0 Å². The van der Waals surface area contributed by atoms with E-state index >= 15 is 0 Å². The van der Waals surface area contributed by atoms with Gasteiger partial charge in [0.1, 0.15) is 5.82 Å². The number of rotatable bonds is 2. The van der Waals surface area contributed by atoms with Crippen LogP contribution in [0.25, 0.3) is 0 Å². The van der Waals surface area contributed by atoms with Crippen LogP contribution in [0.5, 0.6) is 0 Å². The Hall–Kier alpha value is -1.18. The Labute approximate surface area is 78.1 Å². The van der Waals surface area contributed by atoms with Gasteiger partial charge in [0.2, 0.25) is 0 Å². The summed E-state index contributed by atoms with van der Waals surface area (Å²) in [5, 5.41) is 7.37. The lowest BCUT2D eigenvalue weighted by Crippen LogP contribution is -2.02. The Kier molecular flexibility index (Phi) is 2.81. The van der Waals surface area contributed by atoms with E-state index in [0.29, 0.717) is 11.1 Å². The van der Waals surface area contributed by atoms with Gasteiger partial charge < -0.3 is 5.41 Å². The van der Waals surface area contributed by atoms with Crippen molar-refractivity contribution in [2.45, 2.75) is 26.7 Å². The SMILES string of the molecule is CC(=N)c1cccc(C(C)C)c1F. The third-order valence-corrected chi connectivity index (χ3v) is 2.05. The predicted octanol–water partition coefficient (Wildman–Crippen LogP) is 3.34. The van der Waals surface area contributed by atoms with E-state index in [-0.39, 0.29) is 17.4 Å². The Bertz CT molecular complexity index is 329. The topological polar surface area (TPSA) is 23.9 Å². The van der Waals surface area contributed by atoms with Gasteiger partial charge in [-0.2, -0.15) is 0 Å². The Morgan fingerprint density at radius 1 is 1.38 bits per heavy atom. The number of halogens is 1. The minimum atomic E-state index is -0.245. The van der Waals surface area contributed by atoms with Gasteiger partial charge in [-0.1, -0.05) is 32.0 Å². The highest BCUT2D eigenvalue weighted by Gasteiger charge is 2.11. The summed E-state index contributed by atoms with van der Waals surface area (Å²) < 4.78 is 13.6. The Morgan fingerprint density at radius 3 is 2.46 bits per heavy atom. The largest absolute Gasteiger partial charge is 0.305 e. The average Bonchev–Trinajstić information content (AvgIpc) is 2.03. The van der Waals surface area contributed by atoms with Gasteiger partial charge in [-0.25, -0.2) is 4.39 Å². The second-order valence-corrected chi connectivity index (χ2v) is 3.49. The van der Waals surface area contributed by atoms with E-state index in [2.05, 4.69) is 0 Å². The molecule has 1 aromatic carbocycles. The first-order chi connectivity index (χ1) is 6.04. The summed E-state index contributed by atoms with van der Waals surface area (Å²) in [7, 11) is 0. The van der Waals surface area contributed by atoms with Crippen LogP contribution in [0.4, 0.5) is 4.39 Å². The van der Waals surface area contributed by atoms with Gasteiger partial charge >= 0.3 is 0 Å². The maximum atomic E-state index is 13.6. The molecule has 0 radical (unpaired) electrons. The molecule has 0 atom stereocenters. The van der Waals surface area contributed by atoms with Crippen molar-refractivity contribution in [3.05, 3.63) is 35.1 Å². The fourth-order valence-electron chi connectivity index (χ4n) is 1.29. The maximum absolute atomic E-state index is 13.6. The second kappa shape index (κ2) is 3.69. The summed E-state index contributed by atoms with van der Waals surface area (Å²) >= 11 is 0. The van der Waals surface area contributed by atoms with Gasteiger partial charge in [-0.15, -0.1) is 0 Å². The van der Waals surface area contributed by atoms with Gasteiger partial charge in [0.15, 0.2) is 0 Å². The van der Waals surface area contributed by atoms with Crippen molar-refractivity contribution in [3.63, 3.8) is 0 Å². The quantitative estimate of drug-likeness (QED) is 0.673. The fraction of sp³-hybridized carbons (Fsp3) is 0.364. The third-order valence-electron chi connectivity index (χ3n) is 2.05. The zero-order valence-electron chi connectivity index (χ0n) is 8.19. The van der Waals surface area contributed by atoms with Crippen LogP contribution < -0.4 is 0 Å². The molecule has 0 spiro atoms. The van der Waals surface area contributed by atoms with Gasteiger partial charge in [-0.05, 0) is 18.4 Å². The molecule has 0 bridgehead atoms. The van der Waals surface area contributed by atoms with E-state index < -0.39 is 0 Å². The molecule has 0 saturated carbocycles. The van der Waals surface area contributed by atoms with E-state index in [9.17, 15) is 4.39 Å². The van der Waals surface area contributed by atoms with E-state index in [1.165, 1.54) is 0 Å². The molecular formula is C11H14FN. The normalized spacial score (nSPS) is 10.5. The molecule has 13 heavy (non-hydrogen) atoms. The first kappa shape index (κ1) is 9.90. The Balaban J connectivity index is 3.26. The minimum Gasteiger partial charge on any atom is -0.305 e. The second-order valence-electron chi connectivity index (χ2n) is 3.49. The zero-order valence-corrected chi connectivity index (χ0v) is 8.19. The molecule has 0 aromatic heterocycles. The highest BCUT2D eigenvalue weighted by Crippen LogP contribution is 2.21. The molecule has 0 unspecified atom stereocenters. The van der Waals surface area contributed by atoms with E-state index in [0.717, 1.165) is 0 Å². The van der Waals surface area contributed by atoms with Crippen LogP contribution in [0.2, 0.25) is 0 Å². The molecule has 0 heterocycles. The molecule has 0 saturated heterocycles. The van der Waals surface area contributed by atoms with Crippen LogP contribution in [0.15, 0.2) is 18.2 Å². The first-order valence-electron chi connectivity index (χ1n) is 4.38. The minimum absolute atomic E-state index is 0.166. The molecule has 2 heteroatoms. The summed E-state index contributed by atoms with van der Waals surface area (Å²) in [5.74, 6) is -0.0794. The standard InChI is InChI=1S/C11H14FN/c1-7(2)9-5-4-6-10(8(3)13)11(9)12/h4-7,13H,1-3H3. The van der Waals surface area contributed by atoms with Gasteiger partial charge in [0, 0.05) is 11.3 Å². The molecule has 70 valence electrons. The highest BCUT2D eigenvalue weighted by molar-refractivity contribution is 5.96. The summed E-state index contributed by atoms with van der Waals surface area (Å²) in [6.45, 7) is 5.49. The summed E-state index contributed by atoms with van der Waals surface area (Å²) in [4.78, 5) is 0. The predicted molar refractivity (Wildman–Crippen MR) is 53.0 cm³/mol. The van der Waals surface area contributed by atoms with Crippen LogP contribution in [0.1, 0.15) is 37.8 Å². The van der Waals surface area contributed by atoms with Crippen molar-refractivity contribution in [3.8, 4) is 0 Å². The lowest BCUT2D eigenvalue weighted by atomic mass is 9.98. The first-order valence-corrected chi connectivity index (χ1v) is 4.38. The molecule has 1 N–H and O–H groups in total. The van der Waals surface area contributed by atoms with Crippen LogP contribution in [0.3, 0.4) is 0 Å². The monoisotopic (exact) mass is 179 g/mol. The molecule has 0 aliphatic rings. The smallest absolute Gasteiger partial charge is 0.135 e. The third kappa shape index (κ3) is 1.94. The molecular weight excluding hydrogens is 165 g/mol. The molecule has 0 amide bonds. The van der Waals surface area contributed by atoms with Crippen LogP contribution in [-0.2, 0) is 0 Å². The lowest BCUT2D eigenvalue weighted by molar-refractivity contribution is 0.596. The van der Waals surface area contributed by atoms with Crippen molar-refractivity contribution in [2.75, 3.05) is 0 Å². The summed E-state index contributed by atoms with van der Waals surface area (Å²) in [5.41, 5.74) is 1.37. The van der Waals surface area contributed by atoms with Crippen molar-refractivity contribution in [1.82, 2.24) is 0 Å². The van der Waals surface area contributed by atoms with Gasteiger partial charge in [-0.3, -0.25) is 0 Å². The van der Waals surface area contributed by atoms with Crippen molar-refractivity contribution < 1.29 is 4.39 Å². The average molecular weight is 179 g/mol. The van der Waals surface area contributed by atoms with Crippen molar-refractivity contribution in [2.24, 2.45) is 0 Å². The number of benzene rings is 1. The summed E-state index contributed by atoms with van der Waals surface area (Å²) in [6, 6.07) is 5.21. The molecule has 0 aliphatic heterocycles. The molecule has 1 rings (SSSR count).